The van der Waals surface area contributed by atoms with Crippen molar-refractivity contribution in [2.75, 3.05) is 33.4 Å². The summed E-state index contributed by atoms with van der Waals surface area (Å²) in [6.07, 6.45) is -5.30. The number of piperidine rings is 1. The summed E-state index contributed by atoms with van der Waals surface area (Å²) in [6, 6.07) is 5.87. The second kappa shape index (κ2) is 10.1. The van der Waals surface area contributed by atoms with Gasteiger partial charge in [-0.15, -0.1) is 13.2 Å². The van der Waals surface area contributed by atoms with Crippen LogP contribution in [0.5, 0.6) is 11.6 Å². The van der Waals surface area contributed by atoms with Crippen molar-refractivity contribution in [2.24, 2.45) is 0 Å². The lowest BCUT2D eigenvalue weighted by molar-refractivity contribution is -0.325. The Bertz CT molecular complexity index is 1150. The molecule has 1 unspecified atom stereocenters. The molecule has 2 aromatic rings. The molecule has 37 heavy (non-hydrogen) atoms. The van der Waals surface area contributed by atoms with Gasteiger partial charge in [0.15, 0.2) is 21.4 Å². The van der Waals surface area contributed by atoms with E-state index in [4.69, 9.17) is 18.9 Å². The van der Waals surface area contributed by atoms with Crippen molar-refractivity contribution in [3.8, 4) is 11.6 Å². The number of halogens is 5. The summed E-state index contributed by atoms with van der Waals surface area (Å²) in [5, 5.41) is 0. The molecule has 2 fully saturated rings. The number of rotatable bonds is 7. The maximum Gasteiger partial charge on any atom is 0.522 e. The van der Waals surface area contributed by atoms with Crippen LogP contribution in [0, 0.1) is 11.6 Å². The Labute approximate surface area is 210 Å². The van der Waals surface area contributed by atoms with Crippen molar-refractivity contribution in [1.29, 1.82) is 0 Å². The van der Waals surface area contributed by atoms with Crippen LogP contribution in [0.1, 0.15) is 22.5 Å². The van der Waals surface area contributed by atoms with E-state index in [0.717, 1.165) is 6.07 Å². The maximum atomic E-state index is 14.0. The van der Waals surface area contributed by atoms with Crippen LogP contribution >= 0.6 is 0 Å². The Balaban J connectivity index is 1.50. The Morgan fingerprint density at radius 1 is 1.19 bits per heavy atom. The van der Waals surface area contributed by atoms with E-state index in [1.165, 1.54) is 36.3 Å². The second-order valence-corrected chi connectivity index (χ2v) is 9.00. The zero-order valence-electron chi connectivity index (χ0n) is 20.2. The third-order valence-corrected chi connectivity index (χ3v) is 6.00. The van der Waals surface area contributed by atoms with Crippen LogP contribution in [0.2, 0.25) is 0 Å². The molecule has 15 heteroatoms. The van der Waals surface area contributed by atoms with Crippen LogP contribution in [0.3, 0.4) is 0 Å². The molecule has 2 aliphatic rings. The molecule has 0 saturated carbocycles. The quantitative estimate of drug-likeness (QED) is 0.305. The largest absolute Gasteiger partial charge is 0.522 e. The Hall–Kier alpha value is -2.90. The maximum absolute atomic E-state index is 14.0. The number of hydrogen-bond acceptors (Lipinski definition) is 7. The molecule has 0 aliphatic carbocycles. The predicted octanol–water partition coefficient (Wildman–Crippen LogP) is 1.32. The molecule has 2 aliphatic heterocycles. The van der Waals surface area contributed by atoms with Gasteiger partial charge in [-0.1, -0.05) is 0 Å². The first-order valence-corrected chi connectivity index (χ1v) is 11.3. The zero-order chi connectivity index (χ0) is 27.0. The third-order valence-electron chi connectivity index (χ3n) is 6.00. The minimum Gasteiger partial charge on any atom is -0.486 e. The van der Waals surface area contributed by atoms with Crippen molar-refractivity contribution in [2.45, 2.75) is 30.1 Å². The van der Waals surface area contributed by atoms with Crippen LogP contribution in [0.15, 0.2) is 30.3 Å². The number of nitrogens with zero attached hydrogens (tertiary/aromatic N) is 2. The number of likely N-dealkylation sites (tertiary alicyclic amines) is 1. The van der Waals surface area contributed by atoms with Crippen molar-refractivity contribution in [3.05, 3.63) is 53.2 Å². The van der Waals surface area contributed by atoms with Crippen molar-refractivity contribution < 1.29 is 50.4 Å². The van der Waals surface area contributed by atoms with E-state index >= 15 is 0 Å². The highest BCUT2D eigenvalue weighted by molar-refractivity contribution is 6.38. The summed E-state index contributed by atoms with van der Waals surface area (Å²) in [5.74, 6) is -2.04. The Kier molecular flexibility index (Phi) is 7.41. The zero-order valence-corrected chi connectivity index (χ0v) is 20.2. The molecule has 4 rings (SSSR count). The number of benzene rings is 1. The highest BCUT2D eigenvalue weighted by atomic mass is 19.4. The van der Waals surface area contributed by atoms with E-state index in [1.54, 1.807) is 15.7 Å². The summed E-state index contributed by atoms with van der Waals surface area (Å²) < 4.78 is 90.6. The van der Waals surface area contributed by atoms with Gasteiger partial charge in [-0.3, -0.25) is 9.53 Å². The number of ether oxygens (including phenoxy) is 5. The molecule has 1 aromatic heterocycles. The Morgan fingerprint density at radius 2 is 1.89 bits per heavy atom. The van der Waals surface area contributed by atoms with E-state index in [-0.39, 0.29) is 42.4 Å². The smallest absolute Gasteiger partial charge is 0.486 e. The van der Waals surface area contributed by atoms with Gasteiger partial charge in [-0.05, 0) is 29.8 Å². The van der Waals surface area contributed by atoms with Crippen LogP contribution in [-0.2, 0) is 19.8 Å². The molecule has 1 amide bonds. The summed E-state index contributed by atoms with van der Waals surface area (Å²) >= 11 is 0. The topological polar surface area (TPSA) is 79.4 Å². The lowest BCUT2D eigenvalue weighted by Crippen LogP contribution is -2.53. The number of fused-ring (bicyclic) bond motifs is 1. The fourth-order valence-corrected chi connectivity index (χ4v) is 4.60. The van der Waals surface area contributed by atoms with E-state index in [9.17, 15) is 26.7 Å². The summed E-state index contributed by atoms with van der Waals surface area (Å²) in [4.78, 5) is 18.9. The fourth-order valence-electron chi connectivity index (χ4n) is 4.60. The minimum atomic E-state index is -4.78. The van der Waals surface area contributed by atoms with E-state index in [1.807, 2.05) is 0 Å². The van der Waals surface area contributed by atoms with E-state index in [2.05, 4.69) is 9.72 Å². The summed E-state index contributed by atoms with van der Waals surface area (Å²) in [7, 11) is 4.63. The number of aromatic nitrogens is 1. The monoisotopic (exact) mass is 528 g/mol. The number of alkyl halides is 3. The molecule has 2 atom stereocenters. The average Bonchev–Trinajstić information content (AvgIpc) is 3.10. The molecular weight excluding hydrogens is 505 g/mol. The van der Waals surface area contributed by atoms with Crippen LogP contribution < -0.4 is 9.47 Å². The number of carbonyl (C=O) groups excluding carboxylic acids is 1. The summed E-state index contributed by atoms with van der Waals surface area (Å²) in [5.41, 5.74) is -1.95. The summed E-state index contributed by atoms with van der Waals surface area (Å²) in [6.45, 7) is -0.937. The molecule has 8 nitrogen and oxygen atoms in total. The molecule has 0 bridgehead atoms. The molecule has 0 spiro atoms. The van der Waals surface area contributed by atoms with Crippen LogP contribution in [-0.4, -0.2) is 82.9 Å². The van der Waals surface area contributed by atoms with Crippen molar-refractivity contribution >= 4 is 21.6 Å². The van der Waals surface area contributed by atoms with Crippen molar-refractivity contribution in [3.63, 3.8) is 0 Å². The highest BCUT2D eigenvalue weighted by Crippen LogP contribution is 2.47. The van der Waals surface area contributed by atoms with Crippen LogP contribution in [0.4, 0.5) is 22.0 Å². The van der Waals surface area contributed by atoms with Crippen LogP contribution in [0.25, 0.3) is 0 Å². The van der Waals surface area contributed by atoms with Gasteiger partial charge in [0.05, 0.1) is 25.8 Å². The molecule has 3 heterocycles. The number of pyridine rings is 1. The average molecular weight is 528 g/mol. The van der Waals surface area contributed by atoms with Gasteiger partial charge in [-0.25, -0.2) is 13.8 Å². The molecule has 198 valence electrons. The van der Waals surface area contributed by atoms with Gasteiger partial charge < -0.3 is 23.8 Å². The molecule has 0 N–H and O–H groups in total. The normalized spacial score (nSPS) is 23.0. The van der Waals surface area contributed by atoms with Gasteiger partial charge in [-0.2, -0.15) is 0 Å². The first-order valence-electron chi connectivity index (χ1n) is 11.3. The minimum absolute atomic E-state index is 0.00165. The number of hydrogen-bond donors (Lipinski definition) is 0. The highest BCUT2D eigenvalue weighted by Gasteiger charge is 2.57. The number of carbonyl (C=O) groups is 1. The van der Waals surface area contributed by atoms with Gasteiger partial charge in [0, 0.05) is 19.0 Å². The molecule has 0 radical (unpaired) electrons. The van der Waals surface area contributed by atoms with Gasteiger partial charge in [0.25, 0.3) is 11.8 Å². The lowest BCUT2D eigenvalue weighted by Gasteiger charge is -2.42. The van der Waals surface area contributed by atoms with E-state index < -0.39 is 54.4 Å². The molecule has 2 saturated heterocycles. The fraction of sp³-hybridized carbons (Fsp3) is 0.455. The molecule has 1 aromatic carbocycles. The Morgan fingerprint density at radius 3 is 2.54 bits per heavy atom. The molecular formula is C22H23B2F5N2O6. The third kappa shape index (κ3) is 5.99. The van der Waals surface area contributed by atoms with Crippen molar-refractivity contribution in [1.82, 2.24) is 9.88 Å². The van der Waals surface area contributed by atoms with Gasteiger partial charge >= 0.3 is 6.36 Å². The van der Waals surface area contributed by atoms with Gasteiger partial charge in [0.2, 0.25) is 0 Å². The SMILES string of the molecule is BC1(B)OC2CN(C(=O)c3ccc(OCCOC(F)(F)F)c(OC)n3)CC[C@]2(c2cc(F)cc(F)c2)O1. The van der Waals surface area contributed by atoms with E-state index in [0.29, 0.717) is 0 Å². The lowest BCUT2D eigenvalue weighted by atomic mass is 9.76. The first-order chi connectivity index (χ1) is 17.3. The van der Waals surface area contributed by atoms with Gasteiger partial charge in [0.1, 0.15) is 35.6 Å². The standard InChI is InChI=1S/C22H23B2F5N2O6/c1-33-18-16(34-6-7-35-22(27,28)29)3-2-15(30-18)19(32)31-5-4-20(12-8-13(25)10-14(26)9-12)17(11-31)36-21(23,24)37-20/h2-3,8-10,17H,4-7,11,23-24H2,1H3/t17?,20-/m1/s1. The number of amides is 1. The second-order valence-electron chi connectivity index (χ2n) is 9.00. The first kappa shape index (κ1) is 27.1. The number of methoxy groups -OCH3 is 1. The predicted molar refractivity (Wildman–Crippen MR) is 123 cm³/mol.